The van der Waals surface area contributed by atoms with Crippen LogP contribution in [0, 0.1) is 0 Å². The van der Waals surface area contributed by atoms with Crippen LogP contribution in [0.5, 0.6) is 5.75 Å². The molecule has 4 rings (SSSR count). The third-order valence-electron chi connectivity index (χ3n) is 4.98. The van der Waals surface area contributed by atoms with Crippen LogP contribution in [0.3, 0.4) is 0 Å². The van der Waals surface area contributed by atoms with Gasteiger partial charge >= 0.3 is 0 Å². The Morgan fingerprint density at radius 3 is 2.84 bits per heavy atom. The molecule has 1 aromatic carbocycles. The minimum atomic E-state index is -0.614. The maximum Gasteiger partial charge on any atom is 0.269 e. The zero-order chi connectivity index (χ0) is 17.6. The number of hydrogen-bond donors (Lipinski definition) is 1. The Labute approximate surface area is 145 Å². The van der Waals surface area contributed by atoms with Crippen molar-refractivity contribution >= 4 is 17.5 Å². The van der Waals surface area contributed by atoms with Crippen LogP contribution in [0.15, 0.2) is 24.3 Å². The quantitative estimate of drug-likeness (QED) is 0.896. The number of hydrogen-bond acceptors (Lipinski definition) is 4. The number of amides is 2. The number of ether oxygens (including phenoxy) is 1. The average molecular weight is 340 g/mol. The van der Waals surface area contributed by atoms with Gasteiger partial charge < -0.3 is 15.4 Å². The molecule has 0 saturated heterocycles. The molecular weight excluding hydrogens is 320 g/mol. The number of anilines is 1. The molecule has 0 spiro atoms. The summed E-state index contributed by atoms with van der Waals surface area (Å²) in [5, 5.41) is 4.42. The van der Waals surface area contributed by atoms with Crippen molar-refractivity contribution in [2.24, 2.45) is 5.73 Å². The predicted molar refractivity (Wildman–Crippen MR) is 91.8 cm³/mol. The Morgan fingerprint density at radius 1 is 1.28 bits per heavy atom. The lowest BCUT2D eigenvalue weighted by Gasteiger charge is -2.22. The smallest absolute Gasteiger partial charge is 0.269 e. The second-order valence-corrected chi connectivity index (χ2v) is 6.48. The summed E-state index contributed by atoms with van der Waals surface area (Å²) in [6.45, 7) is 0.173. The lowest BCUT2D eigenvalue weighted by Crippen LogP contribution is -2.36. The van der Waals surface area contributed by atoms with Crippen LogP contribution in [0.4, 0.5) is 5.69 Å². The zero-order valence-electron chi connectivity index (χ0n) is 14.1. The minimum absolute atomic E-state index is 0.114. The van der Waals surface area contributed by atoms with Crippen LogP contribution in [0.2, 0.25) is 0 Å². The van der Waals surface area contributed by atoms with Gasteiger partial charge in [0.15, 0.2) is 11.7 Å². The molecule has 2 amide bonds. The van der Waals surface area contributed by atoms with Gasteiger partial charge in [-0.1, -0.05) is 12.1 Å². The zero-order valence-corrected chi connectivity index (χ0v) is 14.1. The number of carbonyl (C=O) groups is 2. The highest BCUT2D eigenvalue weighted by Crippen LogP contribution is 2.34. The summed E-state index contributed by atoms with van der Waals surface area (Å²) in [5.41, 5.74) is 8.33. The summed E-state index contributed by atoms with van der Waals surface area (Å²) in [7, 11) is 1.73. The molecule has 0 radical (unpaired) electrons. The molecule has 2 heterocycles. The molecule has 0 fully saturated rings. The van der Waals surface area contributed by atoms with Gasteiger partial charge in [-0.25, -0.2) is 0 Å². The molecule has 25 heavy (non-hydrogen) atoms. The van der Waals surface area contributed by atoms with E-state index in [2.05, 4.69) is 5.10 Å². The van der Waals surface area contributed by atoms with Crippen molar-refractivity contribution in [1.82, 2.24) is 9.78 Å². The first-order chi connectivity index (χ1) is 12.1. The number of likely N-dealkylation sites (N-methyl/N-ethyl adjacent to an activating group) is 1. The first kappa shape index (κ1) is 15.7. The highest BCUT2D eigenvalue weighted by atomic mass is 16.5. The molecule has 2 aliphatic rings. The standard InChI is InChI=1S/C18H20N4O3/c1-21-13-8-4-5-9-15(13)25-10-14(18(21)24)22-12-7-3-2-6-11(12)16(20-22)17(19)23/h4-5,8-9,14H,2-3,6-7,10H2,1H3,(H2,19,23)/t14-/m0/s1. The Hall–Kier alpha value is -2.83. The fraction of sp³-hybridized carbons (Fsp3) is 0.389. The van der Waals surface area contributed by atoms with Gasteiger partial charge in [0.25, 0.3) is 11.8 Å². The molecule has 1 aliphatic heterocycles. The largest absolute Gasteiger partial charge is 0.489 e. The number of aromatic nitrogens is 2. The first-order valence-corrected chi connectivity index (χ1v) is 8.47. The Balaban J connectivity index is 1.78. The summed E-state index contributed by atoms with van der Waals surface area (Å²) in [5.74, 6) is 0.00405. The summed E-state index contributed by atoms with van der Waals surface area (Å²) in [6.07, 6.45) is 3.57. The summed E-state index contributed by atoms with van der Waals surface area (Å²) in [4.78, 5) is 26.4. The molecule has 0 bridgehead atoms. The molecule has 130 valence electrons. The predicted octanol–water partition coefficient (Wildman–Crippen LogP) is 1.46. The maximum absolute atomic E-state index is 13.0. The van der Waals surface area contributed by atoms with E-state index in [0.29, 0.717) is 5.75 Å². The van der Waals surface area contributed by atoms with Crippen molar-refractivity contribution in [3.8, 4) is 5.75 Å². The van der Waals surface area contributed by atoms with E-state index in [-0.39, 0.29) is 18.2 Å². The number of carbonyl (C=O) groups excluding carboxylic acids is 2. The van der Waals surface area contributed by atoms with Gasteiger partial charge in [0, 0.05) is 18.3 Å². The van der Waals surface area contributed by atoms with Crippen molar-refractivity contribution in [3.63, 3.8) is 0 Å². The van der Waals surface area contributed by atoms with Crippen LogP contribution in [0.25, 0.3) is 0 Å². The molecule has 1 aromatic heterocycles. The number of rotatable bonds is 2. The number of nitrogens with zero attached hydrogens (tertiary/aromatic N) is 3. The lowest BCUT2D eigenvalue weighted by atomic mass is 9.95. The molecule has 2 N–H and O–H groups in total. The Morgan fingerprint density at radius 2 is 2.04 bits per heavy atom. The fourth-order valence-electron chi connectivity index (χ4n) is 3.70. The lowest BCUT2D eigenvalue weighted by molar-refractivity contribution is -0.122. The van der Waals surface area contributed by atoms with Crippen molar-refractivity contribution in [2.45, 2.75) is 31.7 Å². The highest BCUT2D eigenvalue weighted by Gasteiger charge is 2.35. The first-order valence-electron chi connectivity index (χ1n) is 8.47. The summed E-state index contributed by atoms with van der Waals surface area (Å²) in [6, 6.07) is 6.82. The molecule has 0 unspecified atom stereocenters. The second-order valence-electron chi connectivity index (χ2n) is 6.48. The third kappa shape index (κ3) is 2.47. The van der Waals surface area contributed by atoms with E-state index in [0.717, 1.165) is 42.6 Å². The number of nitrogens with two attached hydrogens (primary N) is 1. The second kappa shape index (κ2) is 5.91. The summed E-state index contributed by atoms with van der Waals surface area (Å²) < 4.78 is 7.54. The maximum atomic E-state index is 13.0. The Kier molecular flexibility index (Phi) is 3.71. The monoisotopic (exact) mass is 340 g/mol. The Bertz CT molecular complexity index is 858. The fourth-order valence-corrected chi connectivity index (χ4v) is 3.70. The van der Waals surface area contributed by atoms with Gasteiger partial charge in [0.2, 0.25) is 0 Å². The van der Waals surface area contributed by atoms with Crippen molar-refractivity contribution < 1.29 is 14.3 Å². The van der Waals surface area contributed by atoms with Gasteiger partial charge in [-0.3, -0.25) is 14.3 Å². The topological polar surface area (TPSA) is 90.5 Å². The molecule has 2 aromatic rings. The van der Waals surface area contributed by atoms with Crippen LogP contribution in [-0.4, -0.2) is 35.2 Å². The van der Waals surface area contributed by atoms with E-state index >= 15 is 0 Å². The number of para-hydroxylation sites is 2. The van der Waals surface area contributed by atoms with Crippen molar-refractivity contribution in [2.75, 3.05) is 18.6 Å². The van der Waals surface area contributed by atoms with Crippen molar-refractivity contribution in [1.29, 1.82) is 0 Å². The van der Waals surface area contributed by atoms with E-state index < -0.39 is 11.9 Å². The van der Waals surface area contributed by atoms with Gasteiger partial charge in [-0.05, 0) is 37.8 Å². The summed E-state index contributed by atoms with van der Waals surface area (Å²) >= 11 is 0. The molecule has 0 saturated carbocycles. The van der Waals surface area contributed by atoms with Gasteiger partial charge in [-0.2, -0.15) is 5.10 Å². The van der Waals surface area contributed by atoms with E-state index in [1.165, 1.54) is 0 Å². The molecule has 1 aliphatic carbocycles. The van der Waals surface area contributed by atoms with Crippen LogP contribution < -0.4 is 15.4 Å². The van der Waals surface area contributed by atoms with Crippen LogP contribution in [0.1, 0.15) is 40.6 Å². The van der Waals surface area contributed by atoms with E-state index in [1.807, 2.05) is 24.3 Å². The van der Waals surface area contributed by atoms with Crippen molar-refractivity contribution in [3.05, 3.63) is 41.2 Å². The number of fused-ring (bicyclic) bond motifs is 2. The normalized spacial score (nSPS) is 19.6. The molecule has 7 nitrogen and oxygen atoms in total. The molecule has 7 heteroatoms. The number of primary amides is 1. The molecular formula is C18H20N4O3. The van der Waals surface area contributed by atoms with Crippen LogP contribution in [-0.2, 0) is 17.6 Å². The van der Waals surface area contributed by atoms with E-state index in [4.69, 9.17) is 10.5 Å². The number of benzene rings is 1. The average Bonchev–Trinajstić information content (AvgIpc) is 2.96. The molecule has 1 atom stereocenters. The van der Waals surface area contributed by atoms with Gasteiger partial charge in [0.05, 0.1) is 5.69 Å². The SMILES string of the molecule is CN1C(=O)[C@@H](n2nc(C(N)=O)c3c2CCCC3)COc2ccccc21. The van der Waals surface area contributed by atoms with Gasteiger partial charge in [-0.15, -0.1) is 0 Å². The van der Waals surface area contributed by atoms with E-state index in [1.54, 1.807) is 16.6 Å². The van der Waals surface area contributed by atoms with E-state index in [9.17, 15) is 9.59 Å². The highest BCUT2D eigenvalue weighted by molar-refractivity contribution is 5.98. The van der Waals surface area contributed by atoms with Crippen LogP contribution >= 0.6 is 0 Å². The minimum Gasteiger partial charge on any atom is -0.489 e. The third-order valence-corrected chi connectivity index (χ3v) is 4.98. The van der Waals surface area contributed by atoms with Gasteiger partial charge in [0.1, 0.15) is 12.4 Å².